The molecule has 5 N–H and O–H groups in total. The number of methoxy groups -OCH3 is 1. The van der Waals surface area contributed by atoms with Crippen molar-refractivity contribution in [3.05, 3.63) is 52.9 Å². The lowest BCUT2D eigenvalue weighted by atomic mass is 10.0. The van der Waals surface area contributed by atoms with Crippen molar-refractivity contribution in [1.29, 1.82) is 0 Å². The van der Waals surface area contributed by atoms with Gasteiger partial charge in [0.1, 0.15) is 29.8 Å². The van der Waals surface area contributed by atoms with E-state index in [4.69, 9.17) is 21.1 Å². The SMILES string of the molecule is COC([C@@H]1O[C@@H](n2ccc3c(N[C@@H](C)c4ccc(C5CC5)cc4)nc(Cl)nc32)[C@H](O)[C@@H]1O)P(=O)(O)O. The summed E-state index contributed by atoms with van der Waals surface area (Å²) in [6.07, 6.45) is -1.73. The second kappa shape index (κ2) is 9.66. The number of halogens is 1. The molecule has 0 bridgehead atoms. The van der Waals surface area contributed by atoms with E-state index in [9.17, 15) is 24.6 Å². The minimum atomic E-state index is -4.79. The van der Waals surface area contributed by atoms with E-state index in [0.717, 1.165) is 12.7 Å². The number of hydrogen-bond acceptors (Lipinski definition) is 8. The summed E-state index contributed by atoms with van der Waals surface area (Å²) in [5.41, 5.74) is 2.74. The van der Waals surface area contributed by atoms with Gasteiger partial charge >= 0.3 is 7.60 Å². The Labute approximate surface area is 212 Å². The number of benzene rings is 1. The van der Waals surface area contributed by atoms with E-state index in [0.29, 0.717) is 22.8 Å². The molecular weight excluding hydrogens is 511 g/mol. The number of anilines is 1. The van der Waals surface area contributed by atoms with Gasteiger partial charge in [-0.25, -0.2) is 4.98 Å². The Bertz CT molecular complexity index is 1300. The van der Waals surface area contributed by atoms with Gasteiger partial charge in [0.05, 0.1) is 5.39 Å². The predicted octanol–water partition coefficient (Wildman–Crippen LogP) is 2.90. The Kier molecular flexibility index (Phi) is 6.86. The molecule has 1 aliphatic carbocycles. The summed E-state index contributed by atoms with van der Waals surface area (Å²) in [6, 6.07) is 10.1. The molecule has 0 radical (unpaired) electrons. The number of aliphatic hydroxyl groups excluding tert-OH is 2. The second-order valence-electron chi connectivity index (χ2n) is 9.30. The third kappa shape index (κ3) is 4.78. The molecule has 194 valence electrons. The van der Waals surface area contributed by atoms with E-state index in [1.54, 1.807) is 12.3 Å². The molecule has 2 aliphatic rings. The smallest absolute Gasteiger partial charge is 0.356 e. The van der Waals surface area contributed by atoms with Gasteiger partial charge in [-0.15, -0.1) is 0 Å². The standard InChI is InChI=1S/C23H28ClN4O7P/c1-11(12-3-5-13(6-4-12)14-7-8-14)25-19-15-9-10-28(20(15)27-23(24)26-19)21-17(30)16(29)18(35-21)22(34-2)36(31,32)33/h3-6,9-11,14,16-18,21-22,29-30H,7-8H2,1-2H3,(H,25,26,27)(H2,31,32,33)/t11-,16-,17+,18+,21+,22?/m0/s1. The summed E-state index contributed by atoms with van der Waals surface area (Å²) in [5.74, 6) is -0.608. The highest BCUT2D eigenvalue weighted by Gasteiger charge is 2.52. The minimum Gasteiger partial charge on any atom is -0.387 e. The van der Waals surface area contributed by atoms with Crippen LogP contribution in [0.2, 0.25) is 5.28 Å². The van der Waals surface area contributed by atoms with Gasteiger partial charge in [-0.05, 0) is 54.5 Å². The van der Waals surface area contributed by atoms with E-state index in [-0.39, 0.29) is 11.3 Å². The van der Waals surface area contributed by atoms with Crippen LogP contribution in [0.3, 0.4) is 0 Å². The van der Waals surface area contributed by atoms with Crippen molar-refractivity contribution in [2.75, 3.05) is 12.4 Å². The summed E-state index contributed by atoms with van der Waals surface area (Å²) in [7, 11) is -3.70. The van der Waals surface area contributed by atoms with Crippen LogP contribution < -0.4 is 5.32 Å². The van der Waals surface area contributed by atoms with Gasteiger partial charge in [0.25, 0.3) is 0 Å². The first-order valence-electron chi connectivity index (χ1n) is 11.6. The molecule has 1 unspecified atom stereocenters. The largest absolute Gasteiger partial charge is 0.387 e. The fourth-order valence-electron chi connectivity index (χ4n) is 4.70. The monoisotopic (exact) mass is 538 g/mol. The average Bonchev–Trinajstić information content (AvgIpc) is 3.54. The molecule has 5 rings (SSSR count). The van der Waals surface area contributed by atoms with Crippen LogP contribution in [-0.4, -0.2) is 65.8 Å². The van der Waals surface area contributed by atoms with E-state index >= 15 is 0 Å². The Morgan fingerprint density at radius 2 is 1.86 bits per heavy atom. The summed E-state index contributed by atoms with van der Waals surface area (Å²) < 4.78 is 23.9. The maximum atomic E-state index is 11.8. The molecule has 0 spiro atoms. The molecule has 2 aromatic heterocycles. The Hall–Kier alpha value is -2.08. The summed E-state index contributed by atoms with van der Waals surface area (Å²) in [5, 5.41) is 25.1. The number of aromatic nitrogens is 3. The molecule has 1 saturated carbocycles. The zero-order chi connectivity index (χ0) is 25.8. The average molecular weight is 539 g/mol. The summed E-state index contributed by atoms with van der Waals surface area (Å²) in [4.78, 5) is 27.8. The fourth-order valence-corrected chi connectivity index (χ4v) is 5.77. The quantitative estimate of drug-likeness (QED) is 0.213. The lowest BCUT2D eigenvalue weighted by Crippen LogP contribution is -2.39. The molecule has 1 aliphatic heterocycles. The van der Waals surface area contributed by atoms with Crippen LogP contribution >= 0.6 is 19.2 Å². The summed E-state index contributed by atoms with van der Waals surface area (Å²) in [6.45, 7) is 2.00. The van der Waals surface area contributed by atoms with Crippen LogP contribution in [0.5, 0.6) is 0 Å². The van der Waals surface area contributed by atoms with Crippen molar-refractivity contribution in [3.63, 3.8) is 0 Å². The van der Waals surface area contributed by atoms with Crippen LogP contribution in [0.1, 0.15) is 49.1 Å². The maximum Gasteiger partial charge on any atom is 0.356 e. The Balaban J connectivity index is 1.42. The molecule has 3 heterocycles. The van der Waals surface area contributed by atoms with Gasteiger partial charge in [0.15, 0.2) is 12.1 Å². The maximum absolute atomic E-state index is 11.8. The lowest BCUT2D eigenvalue weighted by molar-refractivity contribution is -0.0759. The highest BCUT2D eigenvalue weighted by molar-refractivity contribution is 7.52. The molecule has 3 aromatic rings. The predicted molar refractivity (Wildman–Crippen MR) is 132 cm³/mol. The van der Waals surface area contributed by atoms with Gasteiger partial charge in [-0.3, -0.25) is 4.57 Å². The zero-order valence-corrected chi connectivity index (χ0v) is 21.3. The Morgan fingerprint density at radius 3 is 2.47 bits per heavy atom. The topological polar surface area (TPSA) is 159 Å². The molecule has 0 amide bonds. The van der Waals surface area contributed by atoms with Gasteiger partial charge in [0, 0.05) is 19.3 Å². The van der Waals surface area contributed by atoms with Crippen LogP contribution in [0.4, 0.5) is 5.82 Å². The first kappa shape index (κ1) is 25.6. The van der Waals surface area contributed by atoms with Gasteiger partial charge < -0.3 is 39.4 Å². The molecule has 2 fully saturated rings. The van der Waals surface area contributed by atoms with Crippen LogP contribution in [-0.2, 0) is 14.0 Å². The molecular formula is C23H28ClN4O7P. The number of ether oxygens (including phenoxy) is 2. The Morgan fingerprint density at radius 1 is 1.17 bits per heavy atom. The fraction of sp³-hybridized carbons (Fsp3) is 0.478. The number of hydrogen-bond donors (Lipinski definition) is 5. The second-order valence-corrected chi connectivity index (χ2v) is 11.3. The molecule has 6 atom stereocenters. The van der Waals surface area contributed by atoms with Crippen molar-refractivity contribution in [2.24, 2.45) is 0 Å². The number of aliphatic hydroxyl groups is 2. The van der Waals surface area contributed by atoms with Crippen LogP contribution in [0.15, 0.2) is 36.5 Å². The van der Waals surface area contributed by atoms with Crippen molar-refractivity contribution in [3.8, 4) is 0 Å². The third-order valence-corrected chi connectivity index (χ3v) is 8.12. The zero-order valence-electron chi connectivity index (χ0n) is 19.6. The number of nitrogens with zero attached hydrogens (tertiary/aromatic N) is 3. The first-order valence-corrected chi connectivity index (χ1v) is 13.6. The van der Waals surface area contributed by atoms with Crippen LogP contribution in [0, 0.1) is 0 Å². The van der Waals surface area contributed by atoms with Gasteiger partial charge in [0.2, 0.25) is 5.28 Å². The van der Waals surface area contributed by atoms with Gasteiger partial charge in [-0.2, -0.15) is 4.98 Å². The molecule has 11 nitrogen and oxygen atoms in total. The highest BCUT2D eigenvalue weighted by Crippen LogP contribution is 2.48. The molecule has 13 heteroatoms. The van der Waals surface area contributed by atoms with Gasteiger partial charge in [-0.1, -0.05) is 24.3 Å². The van der Waals surface area contributed by atoms with E-state index in [1.165, 1.54) is 23.0 Å². The van der Waals surface area contributed by atoms with E-state index < -0.39 is 38.0 Å². The van der Waals surface area contributed by atoms with E-state index in [2.05, 4.69) is 39.6 Å². The minimum absolute atomic E-state index is 0.0456. The third-order valence-electron chi connectivity index (χ3n) is 6.79. The number of nitrogens with one attached hydrogen (secondary N) is 1. The molecule has 1 saturated heterocycles. The van der Waals surface area contributed by atoms with E-state index in [1.807, 2.05) is 6.92 Å². The molecule has 1 aromatic carbocycles. The lowest BCUT2D eigenvalue weighted by Gasteiger charge is -2.24. The van der Waals surface area contributed by atoms with Crippen molar-refractivity contribution in [2.45, 2.75) is 62.1 Å². The number of rotatable bonds is 8. The van der Waals surface area contributed by atoms with Crippen molar-refractivity contribution >= 4 is 36.0 Å². The van der Waals surface area contributed by atoms with Crippen molar-refractivity contribution in [1.82, 2.24) is 14.5 Å². The molecule has 36 heavy (non-hydrogen) atoms. The van der Waals surface area contributed by atoms with Crippen molar-refractivity contribution < 1.29 is 34.0 Å². The highest BCUT2D eigenvalue weighted by atomic mass is 35.5. The summed E-state index contributed by atoms with van der Waals surface area (Å²) >= 11 is 6.23. The normalized spacial score (nSPS) is 26.3. The van der Waals surface area contributed by atoms with Crippen LogP contribution in [0.25, 0.3) is 11.0 Å². The first-order chi connectivity index (χ1) is 17.1. The number of fused-ring (bicyclic) bond motifs is 1.